The summed E-state index contributed by atoms with van der Waals surface area (Å²) in [6, 6.07) is 1.54. The number of nitrogens with two attached hydrogens (primary N) is 1. The lowest BCUT2D eigenvalue weighted by atomic mass is 10.0. The Morgan fingerprint density at radius 1 is 1.42 bits per heavy atom. The zero-order valence-electron chi connectivity index (χ0n) is 14.3. The molecule has 1 heterocycles. The molecule has 7 nitrogen and oxygen atoms in total. The van der Waals surface area contributed by atoms with Crippen LogP contribution in [-0.2, 0) is 11.2 Å². The summed E-state index contributed by atoms with van der Waals surface area (Å²) in [4.78, 5) is 13.8. The number of aromatic carboxylic acids is 1. The summed E-state index contributed by atoms with van der Waals surface area (Å²) in [5, 5.41) is 9.35. The average Bonchev–Trinajstić information content (AvgIpc) is 2.58. The molecule has 0 unspecified atom stereocenters. The maximum Gasteiger partial charge on any atom is 0.338 e. The molecule has 7 heteroatoms. The molecule has 1 aromatic rings. The van der Waals surface area contributed by atoms with Crippen LogP contribution >= 0.6 is 0 Å². The van der Waals surface area contributed by atoms with Crippen molar-refractivity contribution in [3.05, 3.63) is 17.2 Å². The van der Waals surface area contributed by atoms with Crippen molar-refractivity contribution in [1.82, 2.24) is 4.90 Å². The molecular weight excluding hydrogens is 312 g/mol. The maximum atomic E-state index is 11.4. The number of carboxylic acid groups (broad SMARTS) is 1. The molecule has 0 radical (unpaired) electrons. The third-order valence-electron chi connectivity index (χ3n) is 4.13. The van der Waals surface area contributed by atoms with Crippen molar-refractivity contribution in [2.24, 2.45) is 0 Å². The number of anilines is 1. The fraction of sp³-hybridized carbons (Fsp3) is 0.588. The highest BCUT2D eigenvalue weighted by Crippen LogP contribution is 2.38. The van der Waals surface area contributed by atoms with E-state index in [2.05, 4.69) is 4.90 Å². The molecule has 0 saturated carbocycles. The molecule has 24 heavy (non-hydrogen) atoms. The minimum Gasteiger partial charge on any atom is -0.493 e. The first-order valence-electron chi connectivity index (χ1n) is 8.24. The van der Waals surface area contributed by atoms with E-state index < -0.39 is 5.97 Å². The largest absolute Gasteiger partial charge is 0.493 e. The van der Waals surface area contributed by atoms with Crippen LogP contribution < -0.4 is 15.2 Å². The Labute approximate surface area is 142 Å². The monoisotopic (exact) mass is 338 g/mol. The van der Waals surface area contributed by atoms with E-state index in [1.807, 2.05) is 6.92 Å². The number of carboxylic acids is 1. The highest BCUT2D eigenvalue weighted by molar-refractivity contribution is 5.97. The summed E-state index contributed by atoms with van der Waals surface area (Å²) < 4.78 is 16.5. The summed E-state index contributed by atoms with van der Waals surface area (Å²) >= 11 is 0. The van der Waals surface area contributed by atoms with Crippen molar-refractivity contribution in [1.29, 1.82) is 0 Å². The number of nitrogens with zero attached hydrogens (tertiary/aromatic N) is 1. The van der Waals surface area contributed by atoms with Crippen LogP contribution in [0, 0.1) is 0 Å². The fourth-order valence-electron chi connectivity index (χ4n) is 2.93. The van der Waals surface area contributed by atoms with Crippen molar-refractivity contribution >= 4 is 11.7 Å². The van der Waals surface area contributed by atoms with Gasteiger partial charge in [-0.1, -0.05) is 6.92 Å². The topological polar surface area (TPSA) is 94.3 Å². The predicted molar refractivity (Wildman–Crippen MR) is 91.1 cm³/mol. The Hall–Kier alpha value is -1.99. The van der Waals surface area contributed by atoms with Crippen LogP contribution in [0.1, 0.15) is 29.3 Å². The average molecular weight is 338 g/mol. The standard InChI is InChI=1S/C17H26N2O5/c1-3-12-15(17(20)21)13(18)11-14(16(12)22-2)24-8-4-5-19-6-9-23-10-7-19/h11H,3-10,18H2,1-2H3,(H,20,21). The second kappa shape index (κ2) is 8.75. The van der Waals surface area contributed by atoms with E-state index in [0.717, 1.165) is 39.3 Å². The highest BCUT2D eigenvalue weighted by Gasteiger charge is 2.22. The van der Waals surface area contributed by atoms with Gasteiger partial charge in [-0.05, 0) is 12.8 Å². The summed E-state index contributed by atoms with van der Waals surface area (Å²) in [7, 11) is 1.51. The number of hydrogen-bond acceptors (Lipinski definition) is 6. The Kier molecular flexibility index (Phi) is 6.69. The molecule has 1 aromatic carbocycles. The van der Waals surface area contributed by atoms with E-state index in [9.17, 15) is 9.90 Å². The van der Waals surface area contributed by atoms with Crippen LogP contribution in [0.15, 0.2) is 6.07 Å². The van der Waals surface area contributed by atoms with Gasteiger partial charge in [-0.15, -0.1) is 0 Å². The van der Waals surface area contributed by atoms with Crippen molar-refractivity contribution in [3.8, 4) is 11.5 Å². The molecule has 0 spiro atoms. The van der Waals surface area contributed by atoms with Gasteiger partial charge < -0.3 is 25.1 Å². The van der Waals surface area contributed by atoms with Crippen molar-refractivity contribution in [2.75, 3.05) is 52.3 Å². The lowest BCUT2D eigenvalue weighted by Gasteiger charge is -2.26. The van der Waals surface area contributed by atoms with Crippen molar-refractivity contribution in [2.45, 2.75) is 19.8 Å². The van der Waals surface area contributed by atoms with Gasteiger partial charge in [0.1, 0.15) is 0 Å². The van der Waals surface area contributed by atoms with E-state index in [1.54, 1.807) is 0 Å². The molecule has 0 bridgehead atoms. The van der Waals surface area contributed by atoms with Crippen LogP contribution in [0.3, 0.4) is 0 Å². The fourth-order valence-corrected chi connectivity index (χ4v) is 2.93. The normalized spacial score (nSPS) is 15.2. The molecule has 0 atom stereocenters. The van der Waals surface area contributed by atoms with Gasteiger partial charge in [-0.3, -0.25) is 4.90 Å². The summed E-state index contributed by atoms with van der Waals surface area (Å²) in [5.41, 5.74) is 6.76. The molecule has 3 N–H and O–H groups in total. The minimum absolute atomic E-state index is 0.0926. The number of carbonyl (C=O) groups is 1. The lowest BCUT2D eigenvalue weighted by Crippen LogP contribution is -2.37. The smallest absolute Gasteiger partial charge is 0.338 e. The van der Waals surface area contributed by atoms with Crippen molar-refractivity contribution < 1.29 is 24.1 Å². The van der Waals surface area contributed by atoms with Gasteiger partial charge in [-0.25, -0.2) is 4.79 Å². The number of hydrogen-bond donors (Lipinski definition) is 2. The zero-order valence-corrected chi connectivity index (χ0v) is 14.3. The summed E-state index contributed by atoms with van der Waals surface area (Å²) in [5.74, 6) is -0.101. The van der Waals surface area contributed by atoms with E-state index in [0.29, 0.717) is 30.1 Å². The zero-order chi connectivity index (χ0) is 17.5. The molecule has 1 aliphatic heterocycles. The summed E-state index contributed by atoms with van der Waals surface area (Å²) in [6.07, 6.45) is 1.37. The SMILES string of the molecule is CCc1c(OC)c(OCCCN2CCOCC2)cc(N)c1C(=O)O. The van der Waals surface area contributed by atoms with Crippen LogP contribution in [0.25, 0.3) is 0 Å². The number of rotatable bonds is 8. The van der Waals surface area contributed by atoms with Gasteiger partial charge in [0.15, 0.2) is 11.5 Å². The number of benzene rings is 1. The quantitative estimate of drug-likeness (QED) is 0.549. The second-order valence-corrected chi connectivity index (χ2v) is 5.67. The Bertz CT molecular complexity index is 571. The van der Waals surface area contributed by atoms with Gasteiger partial charge in [0.25, 0.3) is 0 Å². The molecule has 1 aliphatic rings. The molecule has 0 aliphatic carbocycles. The van der Waals surface area contributed by atoms with Crippen LogP contribution in [0.2, 0.25) is 0 Å². The second-order valence-electron chi connectivity index (χ2n) is 5.67. The van der Waals surface area contributed by atoms with E-state index in [1.165, 1.54) is 13.2 Å². The van der Waals surface area contributed by atoms with Gasteiger partial charge >= 0.3 is 5.97 Å². The van der Waals surface area contributed by atoms with E-state index >= 15 is 0 Å². The highest BCUT2D eigenvalue weighted by atomic mass is 16.5. The maximum absolute atomic E-state index is 11.4. The van der Waals surface area contributed by atoms with Gasteiger partial charge in [0, 0.05) is 31.3 Å². The predicted octanol–water partition coefficient (Wildman–Crippen LogP) is 1.64. The Morgan fingerprint density at radius 3 is 2.71 bits per heavy atom. The third-order valence-corrected chi connectivity index (χ3v) is 4.13. The molecule has 1 saturated heterocycles. The Balaban J connectivity index is 2.03. The van der Waals surface area contributed by atoms with Gasteiger partial charge in [0.05, 0.1) is 38.2 Å². The van der Waals surface area contributed by atoms with Crippen LogP contribution in [-0.4, -0.2) is 62.5 Å². The molecule has 0 amide bonds. The van der Waals surface area contributed by atoms with Crippen molar-refractivity contribution in [3.63, 3.8) is 0 Å². The molecule has 2 rings (SSSR count). The lowest BCUT2D eigenvalue weighted by molar-refractivity contribution is 0.0357. The van der Waals surface area contributed by atoms with E-state index in [4.69, 9.17) is 19.9 Å². The Morgan fingerprint density at radius 2 is 2.12 bits per heavy atom. The minimum atomic E-state index is -1.05. The third kappa shape index (κ3) is 4.30. The van der Waals surface area contributed by atoms with Gasteiger partial charge in [0.2, 0.25) is 0 Å². The first-order chi connectivity index (χ1) is 11.6. The first-order valence-corrected chi connectivity index (χ1v) is 8.24. The molecule has 1 fully saturated rings. The summed E-state index contributed by atoms with van der Waals surface area (Å²) in [6.45, 7) is 6.78. The number of morpholine rings is 1. The molecule has 134 valence electrons. The number of ether oxygens (including phenoxy) is 3. The van der Waals surface area contributed by atoms with Crippen LogP contribution in [0.5, 0.6) is 11.5 Å². The molecular formula is C17H26N2O5. The van der Waals surface area contributed by atoms with Gasteiger partial charge in [-0.2, -0.15) is 0 Å². The molecule has 0 aromatic heterocycles. The number of methoxy groups -OCH3 is 1. The first kappa shape index (κ1) is 18.4. The number of nitrogen functional groups attached to an aromatic ring is 1. The van der Waals surface area contributed by atoms with Crippen LogP contribution in [0.4, 0.5) is 5.69 Å². The van der Waals surface area contributed by atoms with E-state index in [-0.39, 0.29) is 11.3 Å².